The standard InChI is InChI=1S/C14H26N4/c1-4-7-18-8-5-6-12(9-15-2)14(18)13-10-16-17(3)11-13/h10-12,14-15H,4-9H2,1-3H3. The summed E-state index contributed by atoms with van der Waals surface area (Å²) in [6, 6.07) is 0.542. The van der Waals surface area contributed by atoms with Gasteiger partial charge in [-0.25, -0.2) is 0 Å². The molecule has 1 aliphatic rings. The minimum Gasteiger partial charge on any atom is -0.319 e. The summed E-state index contributed by atoms with van der Waals surface area (Å²) in [5.41, 5.74) is 1.38. The number of rotatable bonds is 5. The van der Waals surface area contributed by atoms with Crippen LogP contribution in [0.2, 0.25) is 0 Å². The van der Waals surface area contributed by atoms with E-state index in [1.807, 2.05) is 17.9 Å². The van der Waals surface area contributed by atoms with Crippen LogP contribution in [0.3, 0.4) is 0 Å². The Bertz CT molecular complexity index is 342. The first-order valence-electron chi connectivity index (χ1n) is 7.13. The zero-order chi connectivity index (χ0) is 13.0. The normalized spacial score (nSPS) is 25.5. The Kier molecular flexibility index (Phi) is 4.78. The minimum atomic E-state index is 0.542. The molecule has 1 aromatic heterocycles. The second kappa shape index (κ2) is 6.34. The van der Waals surface area contributed by atoms with E-state index < -0.39 is 0 Å². The summed E-state index contributed by atoms with van der Waals surface area (Å²) in [4.78, 5) is 2.64. The smallest absolute Gasteiger partial charge is 0.0537 e. The van der Waals surface area contributed by atoms with E-state index in [4.69, 9.17) is 0 Å². The maximum absolute atomic E-state index is 4.35. The number of piperidine rings is 1. The Morgan fingerprint density at radius 2 is 2.33 bits per heavy atom. The van der Waals surface area contributed by atoms with E-state index in [1.54, 1.807) is 0 Å². The second-order valence-electron chi connectivity index (χ2n) is 5.39. The van der Waals surface area contributed by atoms with Crippen LogP contribution in [0.15, 0.2) is 12.4 Å². The number of nitrogens with one attached hydrogen (secondary N) is 1. The van der Waals surface area contributed by atoms with Crippen LogP contribution in [0.1, 0.15) is 37.8 Å². The highest BCUT2D eigenvalue weighted by molar-refractivity contribution is 5.13. The molecular formula is C14H26N4. The molecule has 0 aromatic carbocycles. The third kappa shape index (κ3) is 2.93. The molecule has 102 valence electrons. The van der Waals surface area contributed by atoms with E-state index in [2.05, 4.69) is 35.5 Å². The van der Waals surface area contributed by atoms with Crippen LogP contribution in [-0.2, 0) is 7.05 Å². The van der Waals surface area contributed by atoms with Crippen LogP contribution in [0.5, 0.6) is 0 Å². The van der Waals surface area contributed by atoms with Gasteiger partial charge in [-0.15, -0.1) is 0 Å². The monoisotopic (exact) mass is 250 g/mol. The molecule has 1 aliphatic heterocycles. The molecule has 2 rings (SSSR count). The number of aromatic nitrogens is 2. The van der Waals surface area contributed by atoms with Gasteiger partial charge in [-0.05, 0) is 51.9 Å². The molecule has 0 radical (unpaired) electrons. The Morgan fingerprint density at radius 1 is 1.50 bits per heavy atom. The number of aryl methyl sites for hydroxylation is 1. The van der Waals surface area contributed by atoms with E-state index in [1.165, 1.54) is 37.9 Å². The molecule has 0 bridgehead atoms. The molecule has 2 unspecified atom stereocenters. The van der Waals surface area contributed by atoms with Gasteiger partial charge in [-0.1, -0.05) is 6.92 Å². The van der Waals surface area contributed by atoms with Crippen molar-refractivity contribution in [2.24, 2.45) is 13.0 Å². The van der Waals surface area contributed by atoms with E-state index in [-0.39, 0.29) is 0 Å². The lowest BCUT2D eigenvalue weighted by Crippen LogP contribution is -2.42. The Hall–Kier alpha value is -0.870. The van der Waals surface area contributed by atoms with E-state index >= 15 is 0 Å². The van der Waals surface area contributed by atoms with Gasteiger partial charge in [-0.3, -0.25) is 9.58 Å². The number of hydrogen-bond acceptors (Lipinski definition) is 3. The van der Waals surface area contributed by atoms with Crippen LogP contribution in [0.4, 0.5) is 0 Å². The fraction of sp³-hybridized carbons (Fsp3) is 0.786. The highest BCUT2D eigenvalue weighted by atomic mass is 15.3. The van der Waals surface area contributed by atoms with Crippen LogP contribution in [0, 0.1) is 5.92 Å². The topological polar surface area (TPSA) is 33.1 Å². The molecule has 4 nitrogen and oxygen atoms in total. The predicted octanol–water partition coefficient (Wildman–Crippen LogP) is 1.80. The van der Waals surface area contributed by atoms with Crippen molar-refractivity contribution in [2.45, 2.75) is 32.2 Å². The van der Waals surface area contributed by atoms with E-state index in [0.29, 0.717) is 12.0 Å². The number of likely N-dealkylation sites (tertiary alicyclic amines) is 1. The summed E-state index contributed by atoms with van der Waals surface area (Å²) in [7, 11) is 4.06. The Balaban J connectivity index is 2.20. The third-order valence-electron chi connectivity index (χ3n) is 3.90. The summed E-state index contributed by atoms with van der Waals surface area (Å²) in [6.07, 6.45) is 8.09. The van der Waals surface area contributed by atoms with Crippen molar-refractivity contribution in [3.63, 3.8) is 0 Å². The Morgan fingerprint density at radius 3 is 2.94 bits per heavy atom. The summed E-state index contributed by atoms with van der Waals surface area (Å²) in [6.45, 7) is 5.79. The van der Waals surface area contributed by atoms with Gasteiger partial charge in [0.05, 0.1) is 6.20 Å². The number of nitrogens with zero attached hydrogens (tertiary/aromatic N) is 3. The van der Waals surface area contributed by atoms with Crippen molar-refractivity contribution < 1.29 is 0 Å². The van der Waals surface area contributed by atoms with Gasteiger partial charge in [0.2, 0.25) is 0 Å². The van der Waals surface area contributed by atoms with Crippen LogP contribution >= 0.6 is 0 Å². The maximum atomic E-state index is 4.35. The van der Waals surface area contributed by atoms with Gasteiger partial charge in [-0.2, -0.15) is 5.10 Å². The van der Waals surface area contributed by atoms with Crippen LogP contribution < -0.4 is 5.32 Å². The molecule has 0 amide bonds. The van der Waals surface area contributed by atoms with Crippen LogP contribution in [-0.4, -0.2) is 41.4 Å². The SMILES string of the molecule is CCCN1CCCC(CNC)C1c1cnn(C)c1. The molecule has 2 atom stereocenters. The minimum absolute atomic E-state index is 0.542. The molecule has 0 spiro atoms. The first-order chi connectivity index (χ1) is 8.76. The molecule has 4 heteroatoms. The second-order valence-corrected chi connectivity index (χ2v) is 5.39. The summed E-state index contributed by atoms with van der Waals surface area (Å²) in [5, 5.41) is 7.70. The largest absolute Gasteiger partial charge is 0.319 e. The van der Waals surface area contributed by atoms with Crippen LogP contribution in [0.25, 0.3) is 0 Å². The quantitative estimate of drug-likeness (QED) is 0.865. The van der Waals surface area contributed by atoms with Gasteiger partial charge < -0.3 is 5.32 Å². The van der Waals surface area contributed by atoms with Gasteiger partial charge in [0, 0.05) is 24.8 Å². The van der Waals surface area contributed by atoms with Crippen molar-refractivity contribution in [3.8, 4) is 0 Å². The molecule has 1 aromatic rings. The highest BCUT2D eigenvalue weighted by Gasteiger charge is 2.32. The van der Waals surface area contributed by atoms with Gasteiger partial charge in [0.25, 0.3) is 0 Å². The molecule has 18 heavy (non-hydrogen) atoms. The summed E-state index contributed by atoms with van der Waals surface area (Å²) >= 11 is 0. The highest BCUT2D eigenvalue weighted by Crippen LogP contribution is 2.35. The molecule has 0 aliphatic carbocycles. The lowest BCUT2D eigenvalue weighted by atomic mass is 9.85. The molecule has 1 saturated heterocycles. The summed E-state index contributed by atoms with van der Waals surface area (Å²) < 4.78 is 1.92. The van der Waals surface area contributed by atoms with Crippen molar-refractivity contribution in [3.05, 3.63) is 18.0 Å². The summed E-state index contributed by atoms with van der Waals surface area (Å²) in [5.74, 6) is 0.708. The van der Waals surface area contributed by atoms with Crippen molar-refractivity contribution >= 4 is 0 Å². The predicted molar refractivity (Wildman–Crippen MR) is 74.5 cm³/mol. The average Bonchev–Trinajstić information content (AvgIpc) is 2.77. The molecule has 1 N–H and O–H groups in total. The van der Waals surface area contributed by atoms with Gasteiger partial charge in [0.1, 0.15) is 0 Å². The average molecular weight is 250 g/mol. The maximum Gasteiger partial charge on any atom is 0.0537 e. The van der Waals surface area contributed by atoms with Crippen molar-refractivity contribution in [2.75, 3.05) is 26.7 Å². The number of hydrogen-bond donors (Lipinski definition) is 1. The molecule has 1 fully saturated rings. The lowest BCUT2D eigenvalue weighted by Gasteiger charge is -2.41. The van der Waals surface area contributed by atoms with Gasteiger partial charge >= 0.3 is 0 Å². The zero-order valence-electron chi connectivity index (χ0n) is 11.9. The first-order valence-corrected chi connectivity index (χ1v) is 7.13. The fourth-order valence-electron chi connectivity index (χ4n) is 3.24. The van der Waals surface area contributed by atoms with E-state index in [0.717, 1.165) is 6.54 Å². The molecule has 0 saturated carbocycles. The third-order valence-corrected chi connectivity index (χ3v) is 3.90. The first kappa shape index (κ1) is 13.6. The van der Waals surface area contributed by atoms with Crippen molar-refractivity contribution in [1.29, 1.82) is 0 Å². The Labute approximate surface area is 110 Å². The zero-order valence-corrected chi connectivity index (χ0v) is 11.9. The molecule has 2 heterocycles. The van der Waals surface area contributed by atoms with Crippen molar-refractivity contribution in [1.82, 2.24) is 20.0 Å². The van der Waals surface area contributed by atoms with E-state index in [9.17, 15) is 0 Å². The molecular weight excluding hydrogens is 224 g/mol. The fourth-order valence-corrected chi connectivity index (χ4v) is 3.24. The van der Waals surface area contributed by atoms with Gasteiger partial charge in [0.15, 0.2) is 0 Å². The lowest BCUT2D eigenvalue weighted by molar-refractivity contribution is 0.0924.